The highest BCUT2D eigenvalue weighted by Crippen LogP contribution is 2.16. The lowest BCUT2D eigenvalue weighted by Crippen LogP contribution is -2.51. The first-order valence-corrected chi connectivity index (χ1v) is 8.54. The van der Waals surface area contributed by atoms with Crippen LogP contribution in [0, 0.1) is 5.92 Å². The highest BCUT2D eigenvalue weighted by atomic mass is 16.2. The second-order valence-electron chi connectivity index (χ2n) is 6.93. The van der Waals surface area contributed by atoms with Gasteiger partial charge in [0.15, 0.2) is 0 Å². The van der Waals surface area contributed by atoms with Gasteiger partial charge >= 0.3 is 0 Å². The zero-order chi connectivity index (χ0) is 17.0. The summed E-state index contributed by atoms with van der Waals surface area (Å²) in [5.74, 6) is 0.864. The Morgan fingerprint density at radius 1 is 0.913 bits per heavy atom. The van der Waals surface area contributed by atoms with Crippen molar-refractivity contribution in [2.24, 2.45) is 5.92 Å². The van der Waals surface area contributed by atoms with Crippen LogP contribution in [-0.4, -0.2) is 47.8 Å². The predicted octanol–water partition coefficient (Wildman–Crippen LogP) is 2.68. The number of piperazine rings is 1. The second kappa shape index (κ2) is 7.62. The monoisotopic (exact) mass is 316 g/mol. The molecule has 1 aliphatic heterocycles. The molecular weight excluding hydrogens is 288 g/mol. The zero-order valence-electron chi connectivity index (χ0n) is 14.7. The van der Waals surface area contributed by atoms with Crippen molar-refractivity contribution in [3.8, 4) is 0 Å². The molecule has 1 aromatic carbocycles. The minimum Gasteiger partial charge on any atom is -0.339 e. The van der Waals surface area contributed by atoms with E-state index in [2.05, 4.69) is 26.0 Å². The Balaban J connectivity index is 1.86. The van der Waals surface area contributed by atoms with E-state index in [1.807, 2.05) is 35.8 Å². The van der Waals surface area contributed by atoms with Crippen LogP contribution in [0.4, 0.5) is 0 Å². The van der Waals surface area contributed by atoms with Crippen molar-refractivity contribution in [2.45, 2.75) is 40.0 Å². The lowest BCUT2D eigenvalue weighted by Gasteiger charge is -2.35. The van der Waals surface area contributed by atoms with E-state index in [4.69, 9.17) is 0 Å². The maximum atomic E-state index is 12.4. The average Bonchev–Trinajstić information content (AvgIpc) is 2.54. The third-order valence-electron chi connectivity index (χ3n) is 4.44. The van der Waals surface area contributed by atoms with Crippen molar-refractivity contribution in [1.82, 2.24) is 9.80 Å². The molecule has 1 aromatic rings. The van der Waals surface area contributed by atoms with Crippen LogP contribution >= 0.6 is 0 Å². The van der Waals surface area contributed by atoms with Gasteiger partial charge in [-0.25, -0.2) is 0 Å². The van der Waals surface area contributed by atoms with E-state index in [9.17, 15) is 9.59 Å². The molecule has 0 radical (unpaired) electrons. The summed E-state index contributed by atoms with van der Waals surface area (Å²) in [4.78, 5) is 28.1. The molecule has 2 rings (SSSR count). The van der Waals surface area contributed by atoms with Crippen LogP contribution in [-0.2, 0) is 16.0 Å². The van der Waals surface area contributed by atoms with Crippen molar-refractivity contribution in [3.05, 3.63) is 35.4 Å². The van der Waals surface area contributed by atoms with Crippen LogP contribution in [0.1, 0.15) is 44.7 Å². The fraction of sp³-hybridized carbons (Fsp3) is 0.579. The third-order valence-corrected chi connectivity index (χ3v) is 4.44. The Kier molecular flexibility index (Phi) is 5.80. The van der Waals surface area contributed by atoms with Gasteiger partial charge in [0.1, 0.15) is 0 Å². The van der Waals surface area contributed by atoms with Crippen LogP contribution in [0.5, 0.6) is 0 Å². The zero-order valence-corrected chi connectivity index (χ0v) is 14.7. The second-order valence-corrected chi connectivity index (χ2v) is 6.93. The summed E-state index contributed by atoms with van der Waals surface area (Å²) >= 11 is 0. The largest absolute Gasteiger partial charge is 0.339 e. The van der Waals surface area contributed by atoms with Gasteiger partial charge in [0, 0.05) is 32.1 Å². The number of nitrogens with zero attached hydrogens (tertiary/aromatic N) is 2. The normalized spacial score (nSPS) is 15.4. The van der Waals surface area contributed by atoms with Gasteiger partial charge in [-0.05, 0) is 17.0 Å². The Morgan fingerprint density at radius 3 is 1.91 bits per heavy atom. The summed E-state index contributed by atoms with van der Waals surface area (Å²) in [5.41, 5.74) is 2.35. The summed E-state index contributed by atoms with van der Waals surface area (Å²) in [5, 5.41) is 0. The molecule has 1 saturated heterocycles. The fourth-order valence-corrected chi connectivity index (χ4v) is 2.85. The number of amides is 2. The molecular formula is C19H28N2O2. The van der Waals surface area contributed by atoms with E-state index in [0.717, 1.165) is 5.56 Å². The Bertz CT molecular complexity index is 541. The van der Waals surface area contributed by atoms with E-state index in [1.54, 1.807) is 0 Å². The molecule has 0 bridgehead atoms. The van der Waals surface area contributed by atoms with E-state index < -0.39 is 0 Å². The highest BCUT2D eigenvalue weighted by Gasteiger charge is 2.25. The number of hydrogen-bond acceptors (Lipinski definition) is 2. The van der Waals surface area contributed by atoms with Gasteiger partial charge in [-0.2, -0.15) is 0 Å². The quantitative estimate of drug-likeness (QED) is 0.857. The molecule has 2 amide bonds. The molecule has 0 aliphatic carbocycles. The van der Waals surface area contributed by atoms with Gasteiger partial charge in [0.2, 0.25) is 11.8 Å². The van der Waals surface area contributed by atoms with Crippen LogP contribution in [0.2, 0.25) is 0 Å². The molecule has 0 N–H and O–H groups in total. The van der Waals surface area contributed by atoms with Gasteiger partial charge in [-0.15, -0.1) is 0 Å². The van der Waals surface area contributed by atoms with Gasteiger partial charge in [-0.1, -0.05) is 52.0 Å². The molecule has 0 aromatic heterocycles. The molecule has 126 valence electrons. The number of carbonyl (C=O) groups excluding carboxylic acids is 2. The minimum atomic E-state index is 0.0247. The number of carbonyl (C=O) groups is 2. The smallest absolute Gasteiger partial charge is 0.227 e. The summed E-state index contributed by atoms with van der Waals surface area (Å²) in [6.07, 6.45) is 0.441. The number of hydrogen-bond donors (Lipinski definition) is 0. The lowest BCUT2D eigenvalue weighted by molar-refractivity contribution is -0.141. The van der Waals surface area contributed by atoms with Gasteiger partial charge < -0.3 is 9.80 Å². The maximum absolute atomic E-state index is 12.4. The molecule has 4 heteroatoms. The minimum absolute atomic E-state index is 0.0247. The van der Waals surface area contributed by atoms with E-state index in [-0.39, 0.29) is 17.7 Å². The van der Waals surface area contributed by atoms with Gasteiger partial charge in [0.05, 0.1) is 6.42 Å². The maximum Gasteiger partial charge on any atom is 0.227 e. The van der Waals surface area contributed by atoms with Crippen LogP contribution < -0.4 is 0 Å². The molecule has 4 nitrogen and oxygen atoms in total. The third kappa shape index (κ3) is 4.57. The van der Waals surface area contributed by atoms with E-state index in [1.165, 1.54) is 5.56 Å². The van der Waals surface area contributed by atoms with Crippen LogP contribution in [0.25, 0.3) is 0 Å². The van der Waals surface area contributed by atoms with Crippen LogP contribution in [0.15, 0.2) is 24.3 Å². The predicted molar refractivity (Wildman–Crippen MR) is 92.2 cm³/mol. The van der Waals surface area contributed by atoms with E-state index in [0.29, 0.717) is 38.5 Å². The summed E-state index contributed by atoms with van der Waals surface area (Å²) < 4.78 is 0. The molecule has 0 atom stereocenters. The summed E-state index contributed by atoms with van der Waals surface area (Å²) in [6, 6.07) is 8.30. The Labute approximate surface area is 139 Å². The van der Waals surface area contributed by atoms with Crippen molar-refractivity contribution >= 4 is 11.8 Å². The molecule has 23 heavy (non-hydrogen) atoms. The average molecular weight is 316 g/mol. The van der Waals surface area contributed by atoms with Crippen molar-refractivity contribution in [3.63, 3.8) is 0 Å². The first kappa shape index (κ1) is 17.5. The molecule has 1 aliphatic rings. The molecule has 0 unspecified atom stereocenters. The number of rotatable bonds is 4. The van der Waals surface area contributed by atoms with Crippen molar-refractivity contribution < 1.29 is 9.59 Å². The Hall–Kier alpha value is -1.84. The standard InChI is InChI=1S/C19H28N2O2/c1-14(2)17-7-5-16(6-8-17)13-18(22)20-9-11-21(12-10-20)19(23)15(3)4/h5-8,14-15H,9-13H2,1-4H3. The molecule has 0 spiro atoms. The first-order chi connectivity index (χ1) is 10.9. The fourth-order valence-electron chi connectivity index (χ4n) is 2.85. The van der Waals surface area contributed by atoms with Crippen molar-refractivity contribution in [1.29, 1.82) is 0 Å². The SMILES string of the molecule is CC(C)C(=O)N1CCN(C(=O)Cc2ccc(C(C)C)cc2)CC1. The topological polar surface area (TPSA) is 40.6 Å². The summed E-state index contributed by atoms with van der Waals surface area (Å²) in [7, 11) is 0. The van der Waals surface area contributed by atoms with Crippen molar-refractivity contribution in [2.75, 3.05) is 26.2 Å². The molecule has 0 saturated carbocycles. The molecule has 1 fully saturated rings. The lowest BCUT2D eigenvalue weighted by atomic mass is 10.0. The first-order valence-electron chi connectivity index (χ1n) is 8.54. The van der Waals surface area contributed by atoms with Crippen LogP contribution in [0.3, 0.4) is 0 Å². The van der Waals surface area contributed by atoms with E-state index >= 15 is 0 Å². The number of benzene rings is 1. The molecule has 1 heterocycles. The van der Waals surface area contributed by atoms with Gasteiger partial charge in [-0.3, -0.25) is 9.59 Å². The highest BCUT2D eigenvalue weighted by molar-refractivity contribution is 5.80. The summed E-state index contributed by atoms with van der Waals surface area (Å²) in [6.45, 7) is 10.7. The Morgan fingerprint density at radius 2 is 1.43 bits per heavy atom. The van der Waals surface area contributed by atoms with Gasteiger partial charge in [0.25, 0.3) is 0 Å².